The summed E-state index contributed by atoms with van der Waals surface area (Å²) in [7, 11) is 0. The first kappa shape index (κ1) is 11.7. The minimum atomic E-state index is -4.34. The Balaban J connectivity index is 2.34. The van der Waals surface area contributed by atoms with Gasteiger partial charge >= 0.3 is 6.18 Å². The Morgan fingerprint density at radius 2 is 1.65 bits per heavy atom. The average molecular weight is 235 g/mol. The van der Waals surface area contributed by atoms with Crippen molar-refractivity contribution in [3.8, 4) is 0 Å². The summed E-state index contributed by atoms with van der Waals surface area (Å²) in [6.07, 6.45) is -4.07. The molecule has 0 heterocycles. The molecule has 0 nitrogen and oxygen atoms in total. The van der Waals surface area contributed by atoms with Crippen molar-refractivity contribution in [3.05, 3.63) is 71.3 Å². The zero-order chi connectivity index (χ0) is 12.3. The molecule has 0 aliphatic heterocycles. The molecule has 0 saturated carbocycles. The highest BCUT2D eigenvalue weighted by Crippen LogP contribution is 2.32. The fourth-order valence-electron chi connectivity index (χ4n) is 1.70. The summed E-state index contributed by atoms with van der Waals surface area (Å²) in [6.45, 7) is 0. The highest BCUT2D eigenvalue weighted by atomic mass is 19.4. The Hall–Kier alpha value is -1.77. The van der Waals surface area contributed by atoms with Gasteiger partial charge in [0.05, 0.1) is 5.56 Å². The molecule has 0 amide bonds. The highest BCUT2D eigenvalue weighted by molar-refractivity contribution is 5.33. The van der Waals surface area contributed by atoms with Crippen molar-refractivity contribution in [3.63, 3.8) is 0 Å². The van der Waals surface area contributed by atoms with Crippen molar-refractivity contribution < 1.29 is 13.2 Å². The third kappa shape index (κ3) is 2.87. The summed E-state index contributed by atoms with van der Waals surface area (Å²) in [5.74, 6) is 0. The van der Waals surface area contributed by atoms with Crippen molar-refractivity contribution in [1.82, 2.24) is 0 Å². The van der Waals surface area contributed by atoms with Gasteiger partial charge in [-0.3, -0.25) is 0 Å². The molecule has 0 spiro atoms. The topological polar surface area (TPSA) is 0 Å². The second kappa shape index (κ2) is 4.62. The lowest BCUT2D eigenvalue weighted by molar-refractivity contribution is -0.138. The predicted molar refractivity (Wildman–Crippen MR) is 59.5 cm³/mol. The van der Waals surface area contributed by atoms with Crippen LogP contribution in [0.1, 0.15) is 16.7 Å². The number of hydrogen-bond donors (Lipinski definition) is 0. The molecule has 2 rings (SSSR count). The van der Waals surface area contributed by atoms with Crippen LogP contribution in [-0.4, -0.2) is 0 Å². The summed E-state index contributed by atoms with van der Waals surface area (Å²) >= 11 is 0. The third-order valence-corrected chi connectivity index (χ3v) is 2.46. The number of halogens is 3. The summed E-state index contributed by atoms with van der Waals surface area (Å²) < 4.78 is 38.2. The normalized spacial score (nSPS) is 11.5. The first-order valence-corrected chi connectivity index (χ1v) is 5.18. The highest BCUT2D eigenvalue weighted by Gasteiger charge is 2.32. The molecule has 0 aliphatic carbocycles. The molecule has 0 atom stereocenters. The van der Waals surface area contributed by atoms with Gasteiger partial charge in [0.25, 0.3) is 0 Å². The van der Waals surface area contributed by atoms with Crippen molar-refractivity contribution >= 4 is 0 Å². The van der Waals surface area contributed by atoms with Gasteiger partial charge in [-0.05, 0) is 23.6 Å². The molecule has 0 saturated heterocycles. The van der Waals surface area contributed by atoms with Crippen LogP contribution in [0.2, 0.25) is 0 Å². The van der Waals surface area contributed by atoms with E-state index in [1.807, 2.05) is 30.3 Å². The molecule has 87 valence electrons. The zero-order valence-electron chi connectivity index (χ0n) is 8.96. The van der Waals surface area contributed by atoms with E-state index in [0.29, 0.717) is 0 Å². The minimum absolute atomic E-state index is 0.256. The van der Waals surface area contributed by atoms with Crippen LogP contribution in [-0.2, 0) is 12.6 Å². The molecule has 17 heavy (non-hydrogen) atoms. The molecule has 2 aromatic carbocycles. The zero-order valence-corrected chi connectivity index (χ0v) is 8.96. The lowest BCUT2D eigenvalue weighted by Crippen LogP contribution is -2.09. The van der Waals surface area contributed by atoms with E-state index < -0.39 is 11.7 Å². The molecular formula is C14H10F3. The molecule has 0 bridgehead atoms. The van der Waals surface area contributed by atoms with Gasteiger partial charge in [0, 0.05) is 0 Å². The van der Waals surface area contributed by atoms with Gasteiger partial charge in [-0.2, -0.15) is 13.2 Å². The molecule has 1 radical (unpaired) electrons. The van der Waals surface area contributed by atoms with Gasteiger partial charge in [-0.1, -0.05) is 48.5 Å². The van der Waals surface area contributed by atoms with Gasteiger partial charge in [0.2, 0.25) is 0 Å². The van der Waals surface area contributed by atoms with Crippen LogP contribution in [0.25, 0.3) is 0 Å². The van der Waals surface area contributed by atoms with Crippen LogP contribution in [0.3, 0.4) is 0 Å². The molecule has 2 aromatic rings. The lowest BCUT2D eigenvalue weighted by atomic mass is 9.99. The van der Waals surface area contributed by atoms with E-state index in [2.05, 4.69) is 6.07 Å². The Labute approximate surface area is 97.7 Å². The van der Waals surface area contributed by atoms with Gasteiger partial charge in [0.1, 0.15) is 0 Å². The maximum Gasteiger partial charge on any atom is 0.417 e. The lowest BCUT2D eigenvalue weighted by Gasteiger charge is -2.12. The number of benzene rings is 2. The van der Waals surface area contributed by atoms with E-state index in [-0.39, 0.29) is 12.0 Å². The van der Waals surface area contributed by atoms with Crippen molar-refractivity contribution in [2.45, 2.75) is 12.6 Å². The molecule has 0 fully saturated rings. The SMILES string of the molecule is FC(F)(F)c1[c]cccc1Cc1ccccc1. The Kier molecular flexibility index (Phi) is 3.18. The molecule has 0 N–H and O–H groups in total. The smallest absolute Gasteiger partial charge is 0.166 e. The maximum atomic E-state index is 12.7. The van der Waals surface area contributed by atoms with Crippen LogP contribution in [0.4, 0.5) is 13.2 Å². The Morgan fingerprint density at radius 3 is 2.29 bits per heavy atom. The van der Waals surface area contributed by atoms with E-state index in [1.54, 1.807) is 6.07 Å². The molecule has 3 heteroatoms. The van der Waals surface area contributed by atoms with E-state index >= 15 is 0 Å². The number of alkyl halides is 3. The van der Waals surface area contributed by atoms with Crippen LogP contribution in [0, 0.1) is 6.07 Å². The summed E-state index contributed by atoms with van der Waals surface area (Å²) in [6, 6.07) is 15.7. The van der Waals surface area contributed by atoms with E-state index in [9.17, 15) is 13.2 Å². The first-order chi connectivity index (χ1) is 8.07. The standard InChI is InChI=1S/C14H10F3/c15-14(16,17)13-9-5-4-8-12(13)10-11-6-2-1-3-7-11/h1-8H,10H2. The molecular weight excluding hydrogens is 225 g/mol. The monoisotopic (exact) mass is 235 g/mol. The number of hydrogen-bond acceptors (Lipinski definition) is 0. The molecule has 0 unspecified atom stereocenters. The average Bonchev–Trinajstić information content (AvgIpc) is 2.30. The first-order valence-electron chi connectivity index (χ1n) is 5.18. The van der Waals surface area contributed by atoms with Crippen LogP contribution in [0.5, 0.6) is 0 Å². The van der Waals surface area contributed by atoms with Gasteiger partial charge in [0.15, 0.2) is 0 Å². The van der Waals surface area contributed by atoms with Crippen LogP contribution < -0.4 is 0 Å². The number of rotatable bonds is 2. The fraction of sp³-hybridized carbons (Fsp3) is 0.143. The Bertz CT molecular complexity index is 486. The van der Waals surface area contributed by atoms with Gasteiger partial charge < -0.3 is 0 Å². The summed E-state index contributed by atoms with van der Waals surface area (Å²) in [5.41, 5.74) is 0.438. The Morgan fingerprint density at radius 1 is 0.941 bits per heavy atom. The van der Waals surface area contributed by atoms with E-state index in [0.717, 1.165) is 5.56 Å². The van der Waals surface area contributed by atoms with E-state index in [1.165, 1.54) is 12.1 Å². The summed E-state index contributed by atoms with van der Waals surface area (Å²) in [5, 5.41) is 0. The molecule has 0 aliphatic rings. The second-order valence-electron chi connectivity index (χ2n) is 3.73. The molecule has 0 aromatic heterocycles. The van der Waals surface area contributed by atoms with Crippen LogP contribution >= 0.6 is 0 Å². The maximum absolute atomic E-state index is 12.7. The fourth-order valence-corrected chi connectivity index (χ4v) is 1.70. The van der Waals surface area contributed by atoms with Gasteiger partial charge in [-0.15, -0.1) is 0 Å². The largest absolute Gasteiger partial charge is 0.417 e. The van der Waals surface area contributed by atoms with Crippen molar-refractivity contribution in [1.29, 1.82) is 0 Å². The van der Waals surface area contributed by atoms with E-state index in [4.69, 9.17) is 0 Å². The predicted octanol–water partition coefficient (Wildman–Crippen LogP) is 4.10. The van der Waals surface area contributed by atoms with Crippen molar-refractivity contribution in [2.24, 2.45) is 0 Å². The third-order valence-electron chi connectivity index (χ3n) is 2.46. The van der Waals surface area contributed by atoms with Crippen LogP contribution in [0.15, 0.2) is 48.5 Å². The summed E-state index contributed by atoms with van der Waals surface area (Å²) in [4.78, 5) is 0. The quantitative estimate of drug-likeness (QED) is 0.735. The van der Waals surface area contributed by atoms with Crippen molar-refractivity contribution in [2.75, 3.05) is 0 Å². The van der Waals surface area contributed by atoms with Gasteiger partial charge in [-0.25, -0.2) is 0 Å². The minimum Gasteiger partial charge on any atom is -0.166 e. The second-order valence-corrected chi connectivity index (χ2v) is 3.73.